The molecule has 0 saturated heterocycles. The highest BCUT2D eigenvalue weighted by molar-refractivity contribution is 5.82. The normalized spacial score (nSPS) is 11.7. The lowest BCUT2D eigenvalue weighted by atomic mass is 9.86. The van der Waals surface area contributed by atoms with Crippen LogP contribution in [0.4, 0.5) is 0 Å². The van der Waals surface area contributed by atoms with Gasteiger partial charge in [-0.15, -0.1) is 0 Å². The van der Waals surface area contributed by atoms with E-state index in [1.807, 2.05) is 41.5 Å². The van der Waals surface area contributed by atoms with E-state index in [-0.39, 0.29) is 45.0 Å². The summed E-state index contributed by atoms with van der Waals surface area (Å²) in [6.07, 6.45) is 1.18. The van der Waals surface area contributed by atoms with E-state index >= 15 is 0 Å². The fourth-order valence-electron chi connectivity index (χ4n) is 3.32. The van der Waals surface area contributed by atoms with Crippen molar-refractivity contribution in [2.45, 2.75) is 52.4 Å². The minimum absolute atomic E-state index is 0.139. The Morgan fingerprint density at radius 3 is 1.35 bits per heavy atom. The molecule has 0 aliphatic carbocycles. The van der Waals surface area contributed by atoms with Crippen molar-refractivity contribution in [3.05, 3.63) is 70.8 Å². The topological polar surface area (TPSA) is 93.1 Å². The molecule has 178 valence electrons. The Balaban J connectivity index is 1.98. The molecule has 0 aromatic heterocycles. The van der Waals surface area contributed by atoms with Crippen LogP contribution in [0.3, 0.4) is 0 Å². The van der Waals surface area contributed by atoms with Crippen molar-refractivity contribution in [3.63, 3.8) is 0 Å². The summed E-state index contributed by atoms with van der Waals surface area (Å²) >= 11 is 0. The van der Waals surface area contributed by atoms with Gasteiger partial charge in [-0.25, -0.2) is 0 Å². The number of carbonyl (C=O) groups excluding carboxylic acids is 2. The van der Waals surface area contributed by atoms with E-state index in [0.717, 1.165) is 11.1 Å². The number of phenolic OH excluding ortho intramolecular Hbond substituents is 2. The first-order valence-corrected chi connectivity index (χ1v) is 10.9. The number of benzene rings is 3. The molecule has 6 heteroatoms. The molecule has 0 spiro atoms. The van der Waals surface area contributed by atoms with E-state index in [0.29, 0.717) is 24.1 Å². The Labute approximate surface area is 199 Å². The molecule has 0 amide bonds. The highest BCUT2D eigenvalue weighted by atomic mass is 16.5. The number of hydrogen-bond acceptors (Lipinski definition) is 6. The van der Waals surface area contributed by atoms with Crippen LogP contribution in [0.1, 0.15) is 73.4 Å². The summed E-state index contributed by atoms with van der Waals surface area (Å²) < 4.78 is 11.8. The van der Waals surface area contributed by atoms with Crippen molar-refractivity contribution in [1.29, 1.82) is 0 Å². The van der Waals surface area contributed by atoms with Gasteiger partial charge in [-0.05, 0) is 58.4 Å². The van der Waals surface area contributed by atoms with Gasteiger partial charge in [0.25, 0.3) is 0 Å². The lowest BCUT2D eigenvalue weighted by Gasteiger charge is -2.22. The molecule has 0 aliphatic rings. The van der Waals surface area contributed by atoms with Gasteiger partial charge < -0.3 is 19.7 Å². The average Bonchev–Trinajstić information content (AvgIpc) is 2.75. The van der Waals surface area contributed by atoms with Crippen LogP contribution in [0.15, 0.2) is 48.5 Å². The van der Waals surface area contributed by atoms with Crippen LogP contribution in [0.2, 0.25) is 0 Å². The molecule has 0 heterocycles. The summed E-state index contributed by atoms with van der Waals surface area (Å²) in [5.74, 6) is 0.511. The third-order valence-corrected chi connectivity index (χ3v) is 5.46. The van der Waals surface area contributed by atoms with Crippen LogP contribution < -0.4 is 9.47 Å². The van der Waals surface area contributed by atoms with Crippen LogP contribution in [0, 0.1) is 0 Å². The van der Waals surface area contributed by atoms with Gasteiger partial charge in [-0.1, -0.05) is 47.6 Å². The summed E-state index contributed by atoms with van der Waals surface area (Å²) in [6, 6.07) is 13.3. The zero-order valence-corrected chi connectivity index (χ0v) is 20.3. The molecule has 0 atom stereocenters. The van der Waals surface area contributed by atoms with Crippen molar-refractivity contribution >= 4 is 12.6 Å². The predicted octanol–water partition coefficient (Wildman–Crippen LogP) is 6.90. The predicted molar refractivity (Wildman–Crippen MR) is 131 cm³/mol. The maximum Gasteiger partial charge on any atom is 0.170 e. The molecule has 0 aliphatic heterocycles. The monoisotopic (exact) mass is 462 g/mol. The smallest absolute Gasteiger partial charge is 0.170 e. The third kappa shape index (κ3) is 5.39. The van der Waals surface area contributed by atoms with Gasteiger partial charge in [0.1, 0.15) is 11.5 Å². The molecule has 0 saturated carbocycles. The van der Waals surface area contributed by atoms with Crippen LogP contribution in [0.5, 0.6) is 34.5 Å². The fourth-order valence-corrected chi connectivity index (χ4v) is 3.32. The Bertz CT molecular complexity index is 1140. The van der Waals surface area contributed by atoms with E-state index in [4.69, 9.17) is 9.47 Å². The van der Waals surface area contributed by atoms with E-state index in [1.165, 1.54) is 0 Å². The second-order valence-corrected chi connectivity index (χ2v) is 10.2. The van der Waals surface area contributed by atoms with Crippen molar-refractivity contribution in [1.82, 2.24) is 0 Å². The number of ether oxygens (including phenoxy) is 2. The Morgan fingerprint density at radius 2 is 1.03 bits per heavy atom. The fraction of sp³-hybridized carbons (Fsp3) is 0.286. The quantitative estimate of drug-likeness (QED) is 0.387. The number of aromatic hydroxyl groups is 2. The molecule has 2 N–H and O–H groups in total. The first-order valence-electron chi connectivity index (χ1n) is 10.9. The SMILES string of the molecule is CC(C)(C)c1cc(C=O)c(O)c(Oc2cccc(Oc3cc(C(C)(C)C)cc(C=O)c3O)c2)c1. The lowest BCUT2D eigenvalue weighted by molar-refractivity contribution is 0.111. The molecule has 0 fully saturated rings. The molecular formula is C28H30O6. The first kappa shape index (κ1) is 24.8. The van der Waals surface area contributed by atoms with E-state index < -0.39 is 0 Å². The number of phenols is 2. The lowest BCUT2D eigenvalue weighted by Crippen LogP contribution is -2.12. The van der Waals surface area contributed by atoms with Crippen molar-refractivity contribution in [2.75, 3.05) is 0 Å². The van der Waals surface area contributed by atoms with Crippen LogP contribution in [-0.4, -0.2) is 22.8 Å². The number of aldehydes is 2. The summed E-state index contributed by atoms with van der Waals surface area (Å²) in [4.78, 5) is 22.9. The largest absolute Gasteiger partial charge is 0.504 e. The number of carbonyl (C=O) groups is 2. The Hall–Kier alpha value is -3.80. The van der Waals surface area contributed by atoms with Crippen molar-refractivity contribution in [3.8, 4) is 34.5 Å². The minimum Gasteiger partial charge on any atom is -0.504 e. The van der Waals surface area contributed by atoms with Gasteiger partial charge in [-0.3, -0.25) is 9.59 Å². The Morgan fingerprint density at radius 1 is 0.647 bits per heavy atom. The van der Waals surface area contributed by atoms with Crippen LogP contribution in [-0.2, 0) is 10.8 Å². The molecule has 0 bridgehead atoms. The van der Waals surface area contributed by atoms with Gasteiger partial charge >= 0.3 is 0 Å². The molecule has 34 heavy (non-hydrogen) atoms. The summed E-state index contributed by atoms with van der Waals surface area (Å²) in [6.45, 7) is 12.0. The molecule has 3 rings (SSSR count). The number of hydrogen-bond donors (Lipinski definition) is 2. The van der Waals surface area contributed by atoms with Gasteiger partial charge in [0, 0.05) is 6.07 Å². The van der Waals surface area contributed by atoms with Gasteiger partial charge in [-0.2, -0.15) is 0 Å². The van der Waals surface area contributed by atoms with Crippen molar-refractivity contribution in [2.24, 2.45) is 0 Å². The second-order valence-electron chi connectivity index (χ2n) is 10.2. The van der Waals surface area contributed by atoms with E-state index in [9.17, 15) is 19.8 Å². The highest BCUT2D eigenvalue weighted by Gasteiger charge is 2.21. The van der Waals surface area contributed by atoms with Crippen LogP contribution in [0.25, 0.3) is 0 Å². The maximum atomic E-state index is 11.5. The van der Waals surface area contributed by atoms with Gasteiger partial charge in [0.05, 0.1) is 11.1 Å². The molecule has 6 nitrogen and oxygen atoms in total. The second kappa shape index (κ2) is 9.21. The third-order valence-electron chi connectivity index (χ3n) is 5.46. The first-order chi connectivity index (χ1) is 15.8. The minimum atomic E-state index is -0.263. The van der Waals surface area contributed by atoms with Gasteiger partial charge in [0.15, 0.2) is 35.6 Å². The van der Waals surface area contributed by atoms with E-state index in [1.54, 1.807) is 48.5 Å². The summed E-state index contributed by atoms with van der Waals surface area (Å²) in [7, 11) is 0. The molecular weight excluding hydrogens is 432 g/mol. The van der Waals surface area contributed by atoms with Crippen molar-refractivity contribution < 1.29 is 29.3 Å². The maximum absolute atomic E-state index is 11.5. The summed E-state index contributed by atoms with van der Waals surface area (Å²) in [5, 5.41) is 21.0. The zero-order chi connectivity index (χ0) is 25.3. The standard InChI is InChI=1S/C28H30O6/c1-27(2,3)19-10-17(15-29)25(31)23(12-19)33-21-8-7-9-22(14-21)34-24-13-20(28(4,5)6)11-18(16-30)26(24)32/h7-16,31-32H,1-6H3. The Kier molecular flexibility index (Phi) is 6.73. The molecule has 0 radical (unpaired) electrons. The van der Waals surface area contributed by atoms with Gasteiger partial charge in [0.2, 0.25) is 0 Å². The van der Waals surface area contributed by atoms with Crippen LogP contribution >= 0.6 is 0 Å². The molecule has 0 unspecified atom stereocenters. The molecule has 3 aromatic carbocycles. The van der Waals surface area contributed by atoms with E-state index in [2.05, 4.69) is 0 Å². The highest BCUT2D eigenvalue weighted by Crippen LogP contribution is 2.41. The average molecular weight is 463 g/mol. The molecule has 3 aromatic rings. The zero-order valence-electron chi connectivity index (χ0n) is 20.3. The number of rotatable bonds is 6. The summed E-state index contributed by atoms with van der Waals surface area (Å²) in [5.41, 5.74) is 1.42.